The fourth-order valence-electron chi connectivity index (χ4n) is 3.76. The highest BCUT2D eigenvalue weighted by molar-refractivity contribution is 5.94. The molecule has 5 rings (SSSR count). The van der Waals surface area contributed by atoms with Gasteiger partial charge in [-0.15, -0.1) is 5.10 Å². The number of hydrogen-bond donors (Lipinski definition) is 0. The predicted molar refractivity (Wildman–Crippen MR) is 106 cm³/mol. The lowest BCUT2D eigenvalue weighted by Gasteiger charge is -2.17. The Balaban J connectivity index is 1.31. The number of carbonyl (C=O) groups excluding carboxylic acids is 1. The lowest BCUT2D eigenvalue weighted by Crippen LogP contribution is -2.27. The molecular weight excluding hydrogens is 391 g/mol. The van der Waals surface area contributed by atoms with Gasteiger partial charge < -0.3 is 9.64 Å². The van der Waals surface area contributed by atoms with E-state index in [1.165, 1.54) is 14.3 Å². The molecule has 2 aliphatic rings. The second kappa shape index (κ2) is 7.48. The number of hydrogen-bond acceptors (Lipinski definition) is 7. The van der Waals surface area contributed by atoms with E-state index in [-0.39, 0.29) is 25.2 Å². The van der Waals surface area contributed by atoms with Crippen LogP contribution in [0.15, 0.2) is 30.6 Å². The van der Waals surface area contributed by atoms with E-state index in [4.69, 9.17) is 4.74 Å². The van der Waals surface area contributed by atoms with Gasteiger partial charge in [-0.3, -0.25) is 9.58 Å². The topological polar surface area (TPSA) is 94.2 Å². The first-order valence-corrected chi connectivity index (χ1v) is 9.77. The maximum Gasteiger partial charge on any atom is 0.352 e. The molecule has 0 spiro atoms. The molecule has 3 aromatic rings. The molecule has 1 amide bonds. The van der Waals surface area contributed by atoms with Gasteiger partial charge in [-0.25, -0.2) is 19.2 Å². The van der Waals surface area contributed by atoms with Gasteiger partial charge in [-0.05, 0) is 18.6 Å². The number of methoxy groups -OCH3 is 1. The van der Waals surface area contributed by atoms with Crippen molar-refractivity contribution in [3.63, 3.8) is 0 Å². The Hall–Kier alpha value is -3.34. The van der Waals surface area contributed by atoms with Crippen LogP contribution in [0.25, 0.3) is 11.4 Å². The van der Waals surface area contributed by atoms with Crippen molar-refractivity contribution in [1.29, 1.82) is 0 Å². The molecule has 1 saturated heterocycles. The number of carbonyl (C=O) groups is 1. The van der Waals surface area contributed by atoms with E-state index in [2.05, 4.69) is 25.1 Å². The second-order valence-electron chi connectivity index (χ2n) is 7.26. The Morgan fingerprint density at radius 2 is 2.13 bits per heavy atom. The van der Waals surface area contributed by atoms with Crippen LogP contribution < -0.4 is 9.80 Å². The van der Waals surface area contributed by atoms with Crippen LogP contribution in [0.1, 0.15) is 12.2 Å². The number of nitrogens with zero attached hydrogens (tertiary/aromatic N) is 8. The average Bonchev–Trinajstić information content (AvgIpc) is 3.54. The van der Waals surface area contributed by atoms with Crippen LogP contribution in [-0.4, -0.2) is 68.5 Å². The molecule has 1 unspecified atom stereocenters. The second-order valence-corrected chi connectivity index (χ2v) is 7.26. The number of amides is 1. The molecule has 3 aromatic heterocycles. The van der Waals surface area contributed by atoms with Gasteiger partial charge in [0.25, 0.3) is 0 Å². The summed E-state index contributed by atoms with van der Waals surface area (Å²) in [7, 11) is 1.73. The summed E-state index contributed by atoms with van der Waals surface area (Å²) in [5.41, 5.74) is 0.745. The predicted octanol–water partition coefficient (Wildman–Crippen LogP) is 1.72. The summed E-state index contributed by atoms with van der Waals surface area (Å²) in [6, 6.07) is 5.19. The summed E-state index contributed by atoms with van der Waals surface area (Å²) in [4.78, 5) is 25.4. The number of aryl methyl sites for hydroxylation is 1. The molecule has 0 radical (unpaired) electrons. The molecule has 0 aromatic carbocycles. The molecular formula is C19H21FN8O2. The maximum absolute atomic E-state index is 12.7. The quantitative estimate of drug-likeness (QED) is 0.608. The zero-order valence-electron chi connectivity index (χ0n) is 16.5. The molecule has 0 aliphatic carbocycles. The van der Waals surface area contributed by atoms with Crippen molar-refractivity contribution >= 4 is 17.7 Å². The lowest BCUT2D eigenvalue weighted by molar-refractivity contribution is 0.121. The van der Waals surface area contributed by atoms with Gasteiger partial charge in [0.1, 0.15) is 12.5 Å². The van der Waals surface area contributed by atoms with E-state index in [9.17, 15) is 9.18 Å². The largest absolute Gasteiger partial charge is 0.380 e. The molecule has 5 heterocycles. The average molecular weight is 412 g/mol. The maximum atomic E-state index is 12.7. The number of alkyl halides is 1. The van der Waals surface area contributed by atoms with Gasteiger partial charge in [0, 0.05) is 44.2 Å². The van der Waals surface area contributed by atoms with Crippen molar-refractivity contribution in [2.75, 3.05) is 36.7 Å². The van der Waals surface area contributed by atoms with Gasteiger partial charge in [0.2, 0.25) is 0 Å². The van der Waals surface area contributed by atoms with Crippen LogP contribution in [0.3, 0.4) is 0 Å². The number of halogens is 1. The first-order chi connectivity index (χ1) is 14.7. The normalized spacial score (nSPS) is 18.5. The van der Waals surface area contributed by atoms with Crippen LogP contribution >= 0.6 is 0 Å². The summed E-state index contributed by atoms with van der Waals surface area (Å²) in [6.07, 6.45) is 4.59. The summed E-state index contributed by atoms with van der Waals surface area (Å²) < 4.78 is 20.6. The lowest BCUT2D eigenvalue weighted by atomic mass is 10.2. The zero-order valence-corrected chi connectivity index (χ0v) is 16.5. The first kappa shape index (κ1) is 18.7. The SMILES string of the molecule is COC1CCN(c2ccc(-c3nc4n(n3)C(=O)N(c3ccn(CCF)n3)C4)cn2)C1. The smallest absolute Gasteiger partial charge is 0.352 e. The molecule has 1 fully saturated rings. The highest BCUT2D eigenvalue weighted by atomic mass is 19.1. The van der Waals surface area contributed by atoms with Crippen molar-refractivity contribution in [2.24, 2.45) is 0 Å². The fourth-order valence-corrected chi connectivity index (χ4v) is 3.76. The Labute approximate surface area is 171 Å². The number of anilines is 2. The molecule has 0 saturated carbocycles. The van der Waals surface area contributed by atoms with Crippen molar-refractivity contribution in [3.8, 4) is 11.4 Å². The van der Waals surface area contributed by atoms with Crippen LogP contribution in [0.4, 0.5) is 20.8 Å². The summed E-state index contributed by atoms with van der Waals surface area (Å²) in [6.45, 7) is 1.63. The standard InChI is InChI=1S/C19H21FN8O2/c1-30-14-4-7-25(11-14)15-3-2-13(10-21-15)18-22-17-12-27(19(29)28(17)24-18)16-5-8-26(23-16)9-6-20/h2-3,5,8,10,14H,4,6-7,9,11-12H2,1H3. The number of fused-ring (bicyclic) bond motifs is 1. The van der Waals surface area contributed by atoms with Gasteiger partial charge in [0.05, 0.1) is 19.2 Å². The van der Waals surface area contributed by atoms with Crippen molar-refractivity contribution < 1.29 is 13.9 Å². The van der Waals surface area contributed by atoms with E-state index in [1.54, 1.807) is 25.6 Å². The number of rotatable bonds is 6. The third kappa shape index (κ3) is 3.20. The molecule has 11 heteroatoms. The van der Waals surface area contributed by atoms with Crippen LogP contribution in [-0.2, 0) is 17.8 Å². The van der Waals surface area contributed by atoms with Crippen LogP contribution in [0.5, 0.6) is 0 Å². The van der Waals surface area contributed by atoms with Gasteiger partial charge in [-0.2, -0.15) is 9.78 Å². The van der Waals surface area contributed by atoms with Crippen molar-refractivity contribution in [2.45, 2.75) is 25.6 Å². The summed E-state index contributed by atoms with van der Waals surface area (Å²) >= 11 is 0. The van der Waals surface area contributed by atoms with Crippen LogP contribution in [0, 0.1) is 0 Å². The Kier molecular flexibility index (Phi) is 4.66. The Morgan fingerprint density at radius 3 is 2.83 bits per heavy atom. The summed E-state index contributed by atoms with van der Waals surface area (Å²) in [5.74, 6) is 2.32. The molecule has 1 atom stereocenters. The molecule has 0 N–H and O–H groups in total. The van der Waals surface area contributed by atoms with Gasteiger partial charge in [-0.1, -0.05) is 0 Å². The zero-order chi connectivity index (χ0) is 20.7. The third-order valence-corrected chi connectivity index (χ3v) is 5.41. The van der Waals surface area contributed by atoms with Gasteiger partial charge >= 0.3 is 6.03 Å². The monoisotopic (exact) mass is 412 g/mol. The molecule has 10 nitrogen and oxygen atoms in total. The molecule has 2 aliphatic heterocycles. The number of pyridine rings is 1. The van der Waals surface area contributed by atoms with Gasteiger partial charge in [0.15, 0.2) is 17.5 Å². The summed E-state index contributed by atoms with van der Waals surface area (Å²) in [5, 5.41) is 8.58. The molecule has 156 valence electrons. The minimum absolute atomic E-state index is 0.154. The fraction of sp³-hybridized carbons (Fsp3) is 0.421. The minimum atomic E-state index is -0.515. The van der Waals surface area contributed by atoms with Crippen molar-refractivity contribution in [1.82, 2.24) is 29.5 Å². The van der Waals surface area contributed by atoms with E-state index in [0.29, 0.717) is 17.5 Å². The highest BCUT2D eigenvalue weighted by Crippen LogP contribution is 2.26. The minimum Gasteiger partial charge on any atom is -0.380 e. The molecule has 30 heavy (non-hydrogen) atoms. The molecule has 0 bridgehead atoms. The Morgan fingerprint density at radius 1 is 1.23 bits per heavy atom. The Bertz CT molecular complexity index is 1060. The third-order valence-electron chi connectivity index (χ3n) is 5.41. The highest BCUT2D eigenvalue weighted by Gasteiger charge is 2.33. The van der Waals surface area contributed by atoms with E-state index < -0.39 is 6.67 Å². The first-order valence-electron chi connectivity index (χ1n) is 9.77. The van der Waals surface area contributed by atoms with Crippen molar-refractivity contribution in [3.05, 3.63) is 36.4 Å². The van der Waals surface area contributed by atoms with Crippen LogP contribution in [0.2, 0.25) is 0 Å². The number of aromatic nitrogens is 6. The van der Waals surface area contributed by atoms with E-state index >= 15 is 0 Å². The van der Waals surface area contributed by atoms with E-state index in [0.717, 1.165) is 30.9 Å². The van der Waals surface area contributed by atoms with E-state index in [1.807, 2.05) is 12.1 Å². The number of ether oxygens (including phenoxy) is 1.